The fraction of sp³-hybridized carbons (Fsp3) is 0.263. The number of methoxy groups -OCH3 is 1. The summed E-state index contributed by atoms with van der Waals surface area (Å²) in [6, 6.07) is 11.9. The Labute approximate surface area is 157 Å². The quantitative estimate of drug-likeness (QED) is 0.715. The highest BCUT2D eigenvalue weighted by molar-refractivity contribution is 6.33. The molecule has 2 N–H and O–H groups in total. The van der Waals surface area contributed by atoms with Crippen molar-refractivity contribution in [2.75, 3.05) is 24.3 Å². The van der Waals surface area contributed by atoms with Crippen LogP contribution in [0.4, 0.5) is 11.4 Å². The van der Waals surface area contributed by atoms with Crippen LogP contribution in [0.25, 0.3) is 0 Å². The average Bonchev–Trinajstić information content (AvgIpc) is 2.61. The Morgan fingerprint density at radius 1 is 1.12 bits per heavy atom. The predicted molar refractivity (Wildman–Crippen MR) is 102 cm³/mol. The molecule has 0 aliphatic rings. The van der Waals surface area contributed by atoms with Gasteiger partial charge in [0.2, 0.25) is 5.91 Å². The summed E-state index contributed by atoms with van der Waals surface area (Å²) >= 11 is 6.10. The van der Waals surface area contributed by atoms with Crippen LogP contribution in [0.15, 0.2) is 42.5 Å². The molecule has 2 aromatic rings. The van der Waals surface area contributed by atoms with Crippen LogP contribution in [0.5, 0.6) is 5.75 Å². The number of anilines is 2. The Hall–Kier alpha value is -2.73. The summed E-state index contributed by atoms with van der Waals surface area (Å²) in [5.74, 6) is -0.153. The van der Waals surface area contributed by atoms with Gasteiger partial charge < -0.3 is 20.1 Å². The van der Waals surface area contributed by atoms with Crippen molar-refractivity contribution < 1.29 is 19.1 Å². The van der Waals surface area contributed by atoms with Crippen LogP contribution in [0.3, 0.4) is 0 Å². The Morgan fingerprint density at radius 2 is 1.85 bits per heavy atom. The lowest BCUT2D eigenvalue weighted by molar-refractivity contribution is -0.114. The molecule has 26 heavy (non-hydrogen) atoms. The zero-order valence-corrected chi connectivity index (χ0v) is 15.6. The van der Waals surface area contributed by atoms with Crippen LogP contribution in [-0.4, -0.2) is 31.6 Å². The second-order valence-corrected chi connectivity index (χ2v) is 6.16. The molecule has 0 atom stereocenters. The van der Waals surface area contributed by atoms with Gasteiger partial charge in [0.1, 0.15) is 5.75 Å². The van der Waals surface area contributed by atoms with E-state index in [0.717, 1.165) is 0 Å². The number of carbonyl (C=O) groups excluding carboxylic acids is 2. The van der Waals surface area contributed by atoms with E-state index in [2.05, 4.69) is 15.4 Å². The fourth-order valence-electron chi connectivity index (χ4n) is 2.20. The third-order valence-electron chi connectivity index (χ3n) is 3.35. The molecule has 0 aromatic heterocycles. The van der Waals surface area contributed by atoms with Gasteiger partial charge >= 0.3 is 5.97 Å². The average molecular weight is 377 g/mol. The Kier molecular flexibility index (Phi) is 6.86. The molecular weight excluding hydrogens is 356 g/mol. The van der Waals surface area contributed by atoms with Crippen LogP contribution in [-0.2, 0) is 9.53 Å². The minimum atomic E-state index is -0.478. The summed E-state index contributed by atoms with van der Waals surface area (Å²) in [5, 5.41) is 6.11. The lowest BCUT2D eigenvalue weighted by Crippen LogP contribution is -2.22. The minimum absolute atomic E-state index is 0.00829. The summed E-state index contributed by atoms with van der Waals surface area (Å²) < 4.78 is 10.4. The first-order valence-corrected chi connectivity index (χ1v) is 8.45. The maximum atomic E-state index is 12.2. The second kappa shape index (κ2) is 9.10. The Morgan fingerprint density at radius 3 is 2.54 bits per heavy atom. The Balaban J connectivity index is 2.03. The van der Waals surface area contributed by atoms with Gasteiger partial charge in [0.25, 0.3) is 0 Å². The number of amides is 1. The van der Waals surface area contributed by atoms with Crippen molar-refractivity contribution in [3.05, 3.63) is 53.1 Å². The van der Waals surface area contributed by atoms with Crippen LogP contribution in [0.2, 0.25) is 5.02 Å². The van der Waals surface area contributed by atoms with E-state index in [1.807, 2.05) is 26.0 Å². The number of hydrogen-bond donors (Lipinski definition) is 2. The molecule has 7 heteroatoms. The van der Waals surface area contributed by atoms with Gasteiger partial charge in [-0.15, -0.1) is 0 Å². The highest BCUT2D eigenvalue weighted by Gasteiger charge is 2.12. The van der Waals surface area contributed by atoms with Gasteiger partial charge in [0.05, 0.1) is 41.7 Å². The van der Waals surface area contributed by atoms with Gasteiger partial charge in [-0.25, -0.2) is 4.79 Å². The molecule has 138 valence electrons. The van der Waals surface area contributed by atoms with Crippen molar-refractivity contribution in [3.63, 3.8) is 0 Å². The number of ether oxygens (including phenoxy) is 2. The molecule has 2 rings (SSSR count). The molecular formula is C19H21ClN2O4. The maximum absolute atomic E-state index is 12.2. The van der Waals surface area contributed by atoms with Gasteiger partial charge in [-0.2, -0.15) is 0 Å². The SMILES string of the molecule is COC(=O)c1ccc(Cl)c(NCC(=O)Nc2ccccc2OC(C)C)c1. The molecule has 0 unspecified atom stereocenters. The minimum Gasteiger partial charge on any atom is -0.489 e. The molecule has 0 fully saturated rings. The summed E-state index contributed by atoms with van der Waals surface area (Å²) in [5.41, 5.74) is 1.40. The van der Waals surface area contributed by atoms with Gasteiger partial charge in [0, 0.05) is 0 Å². The van der Waals surface area contributed by atoms with E-state index in [9.17, 15) is 9.59 Å². The standard InChI is InChI=1S/C19H21ClN2O4/c1-12(2)26-17-7-5-4-6-15(17)22-18(23)11-21-16-10-13(19(24)25-3)8-9-14(16)20/h4-10,12,21H,11H2,1-3H3,(H,22,23). The first-order valence-electron chi connectivity index (χ1n) is 8.08. The Bertz CT molecular complexity index is 793. The lowest BCUT2D eigenvalue weighted by atomic mass is 10.2. The number of esters is 1. The maximum Gasteiger partial charge on any atom is 0.337 e. The van der Waals surface area contributed by atoms with Crippen LogP contribution in [0.1, 0.15) is 24.2 Å². The molecule has 0 saturated carbocycles. The molecule has 0 aliphatic heterocycles. The molecule has 0 saturated heterocycles. The van der Waals surface area contributed by atoms with Crippen molar-refractivity contribution in [3.8, 4) is 5.75 Å². The van der Waals surface area contributed by atoms with E-state index in [1.54, 1.807) is 24.3 Å². The van der Waals surface area contributed by atoms with Gasteiger partial charge in [-0.1, -0.05) is 23.7 Å². The molecule has 0 heterocycles. The monoisotopic (exact) mass is 376 g/mol. The lowest BCUT2D eigenvalue weighted by Gasteiger charge is -2.15. The molecule has 2 aromatic carbocycles. The molecule has 0 bridgehead atoms. The number of carbonyl (C=O) groups is 2. The second-order valence-electron chi connectivity index (χ2n) is 5.75. The summed E-state index contributed by atoms with van der Waals surface area (Å²) in [7, 11) is 1.30. The number of hydrogen-bond acceptors (Lipinski definition) is 5. The topological polar surface area (TPSA) is 76.7 Å². The van der Waals surface area contributed by atoms with Gasteiger partial charge in [-0.3, -0.25) is 4.79 Å². The summed E-state index contributed by atoms with van der Waals surface area (Å²) in [6.45, 7) is 3.80. The largest absolute Gasteiger partial charge is 0.489 e. The zero-order valence-electron chi connectivity index (χ0n) is 14.8. The number of rotatable bonds is 7. The van der Waals surface area contributed by atoms with Crippen LogP contribution >= 0.6 is 11.6 Å². The third-order valence-corrected chi connectivity index (χ3v) is 3.68. The van der Waals surface area contributed by atoms with E-state index in [1.165, 1.54) is 13.2 Å². The van der Waals surface area contributed by atoms with E-state index >= 15 is 0 Å². The van der Waals surface area contributed by atoms with E-state index in [0.29, 0.717) is 27.7 Å². The van der Waals surface area contributed by atoms with Crippen molar-refractivity contribution in [1.29, 1.82) is 0 Å². The highest BCUT2D eigenvalue weighted by atomic mass is 35.5. The number of halogens is 1. The van der Waals surface area contributed by atoms with Crippen LogP contribution < -0.4 is 15.4 Å². The fourth-order valence-corrected chi connectivity index (χ4v) is 2.39. The van der Waals surface area contributed by atoms with E-state index < -0.39 is 5.97 Å². The number of para-hydroxylation sites is 2. The van der Waals surface area contributed by atoms with E-state index in [4.69, 9.17) is 16.3 Å². The molecule has 6 nitrogen and oxygen atoms in total. The van der Waals surface area contributed by atoms with Crippen LogP contribution in [0, 0.1) is 0 Å². The summed E-state index contributed by atoms with van der Waals surface area (Å²) in [6.07, 6.45) is -0.00829. The van der Waals surface area contributed by atoms with E-state index in [-0.39, 0.29) is 18.6 Å². The highest BCUT2D eigenvalue weighted by Crippen LogP contribution is 2.25. The molecule has 1 amide bonds. The molecule has 0 spiro atoms. The van der Waals surface area contributed by atoms with Gasteiger partial charge in [0.15, 0.2) is 0 Å². The first-order chi connectivity index (χ1) is 12.4. The zero-order chi connectivity index (χ0) is 19.1. The number of nitrogens with one attached hydrogen (secondary N) is 2. The number of benzene rings is 2. The van der Waals surface area contributed by atoms with Crippen molar-refractivity contribution >= 4 is 34.9 Å². The summed E-state index contributed by atoms with van der Waals surface area (Å²) in [4.78, 5) is 23.8. The van der Waals surface area contributed by atoms with Crippen molar-refractivity contribution in [2.45, 2.75) is 20.0 Å². The first kappa shape index (κ1) is 19.6. The predicted octanol–water partition coefficient (Wildman–Crippen LogP) is 3.96. The third kappa shape index (κ3) is 5.39. The normalized spacial score (nSPS) is 10.3. The molecule has 0 radical (unpaired) electrons. The van der Waals surface area contributed by atoms with Crippen molar-refractivity contribution in [2.24, 2.45) is 0 Å². The molecule has 0 aliphatic carbocycles. The van der Waals surface area contributed by atoms with Crippen molar-refractivity contribution in [1.82, 2.24) is 0 Å². The smallest absolute Gasteiger partial charge is 0.337 e. The van der Waals surface area contributed by atoms with Gasteiger partial charge in [-0.05, 0) is 44.2 Å².